The van der Waals surface area contributed by atoms with Crippen LogP contribution in [0, 0.1) is 46.3 Å². The van der Waals surface area contributed by atoms with Gasteiger partial charge in [-0.15, -0.1) is 0 Å². The monoisotopic (exact) mass is 424 g/mol. The number of alkyl halides is 2. The molecule has 4 fully saturated rings. The average Bonchev–Trinajstić information content (AvgIpc) is 2.97. The van der Waals surface area contributed by atoms with Gasteiger partial charge >= 0.3 is 5.92 Å². The fraction of sp³-hybridized carbons (Fsp3) is 0.962. The maximum atomic E-state index is 14.8. The molecule has 0 saturated heterocycles. The molecule has 8 atom stereocenters. The molecule has 4 aliphatic rings. The number of Topliss-reactive ketones (excluding diaryl/α,β-unsaturated/α-hetero) is 1. The highest BCUT2D eigenvalue weighted by Crippen LogP contribution is 2.68. The van der Waals surface area contributed by atoms with E-state index in [0.29, 0.717) is 29.1 Å². The highest BCUT2D eigenvalue weighted by Gasteiger charge is 2.62. The molecule has 0 bridgehead atoms. The Hall–Kier alpha value is -0.510. The van der Waals surface area contributed by atoms with E-state index in [1.54, 1.807) is 13.8 Å². The smallest absolute Gasteiger partial charge is 0.305 e. The van der Waals surface area contributed by atoms with Crippen molar-refractivity contribution < 1.29 is 18.7 Å². The van der Waals surface area contributed by atoms with E-state index in [4.69, 9.17) is 0 Å². The largest absolute Gasteiger partial charge is 0.390 e. The number of halogens is 2. The van der Waals surface area contributed by atoms with Gasteiger partial charge in [-0.3, -0.25) is 4.79 Å². The van der Waals surface area contributed by atoms with Crippen LogP contribution in [0.15, 0.2) is 0 Å². The number of carbonyl (C=O) groups is 1. The van der Waals surface area contributed by atoms with Crippen LogP contribution in [0.1, 0.15) is 98.8 Å². The lowest BCUT2D eigenvalue weighted by Gasteiger charge is -2.62. The van der Waals surface area contributed by atoms with Crippen molar-refractivity contribution >= 4 is 5.78 Å². The van der Waals surface area contributed by atoms with Crippen molar-refractivity contribution in [3.63, 3.8) is 0 Å². The molecule has 0 radical (unpaired) electrons. The van der Waals surface area contributed by atoms with Gasteiger partial charge in [0, 0.05) is 12.3 Å². The maximum absolute atomic E-state index is 14.8. The number of rotatable bonds is 4. The van der Waals surface area contributed by atoms with Crippen LogP contribution in [0.5, 0.6) is 0 Å². The SMILES string of the molecule is CC(C)C(=O)C(F)(F)C[C@H]1CCC2C3CC[C@H]4C[C@@](C)(O)CCC4(C)C3CC[C@@]21C. The molecule has 2 nitrogen and oxygen atoms in total. The predicted octanol–water partition coefficient (Wildman–Crippen LogP) is 6.65. The molecule has 0 spiro atoms. The first-order chi connectivity index (χ1) is 13.8. The van der Waals surface area contributed by atoms with Crippen molar-refractivity contribution in [1.29, 1.82) is 0 Å². The minimum atomic E-state index is -3.19. The molecule has 0 aromatic heterocycles. The van der Waals surface area contributed by atoms with Crippen LogP contribution in [-0.2, 0) is 4.79 Å². The summed E-state index contributed by atoms with van der Waals surface area (Å²) >= 11 is 0. The number of ketones is 1. The molecular formula is C26H42F2O2. The molecule has 1 N–H and O–H groups in total. The summed E-state index contributed by atoms with van der Waals surface area (Å²) in [7, 11) is 0. The van der Waals surface area contributed by atoms with E-state index in [0.717, 1.165) is 44.9 Å². The Kier molecular flexibility index (Phi) is 5.48. The lowest BCUT2D eigenvalue weighted by Crippen LogP contribution is -2.55. The first-order valence-corrected chi connectivity index (χ1v) is 12.4. The molecule has 0 aromatic rings. The Balaban J connectivity index is 1.52. The number of hydrogen-bond acceptors (Lipinski definition) is 2. The van der Waals surface area contributed by atoms with E-state index in [1.807, 2.05) is 6.92 Å². The van der Waals surface area contributed by atoms with Crippen LogP contribution in [0.3, 0.4) is 0 Å². The number of fused-ring (bicyclic) bond motifs is 5. The van der Waals surface area contributed by atoms with E-state index >= 15 is 0 Å². The average molecular weight is 425 g/mol. The minimum absolute atomic E-state index is 0.0428. The first kappa shape index (κ1) is 22.7. The highest BCUT2D eigenvalue weighted by atomic mass is 19.3. The fourth-order valence-corrected chi connectivity index (χ4v) is 8.71. The van der Waals surface area contributed by atoms with Crippen molar-refractivity contribution in [2.45, 2.75) is 110 Å². The van der Waals surface area contributed by atoms with Gasteiger partial charge in [-0.25, -0.2) is 0 Å². The summed E-state index contributed by atoms with van der Waals surface area (Å²) in [5.41, 5.74) is -0.277. The summed E-state index contributed by atoms with van der Waals surface area (Å²) in [6.45, 7) is 9.90. The van der Waals surface area contributed by atoms with Crippen LogP contribution < -0.4 is 0 Å². The van der Waals surface area contributed by atoms with E-state index in [-0.39, 0.29) is 17.8 Å². The summed E-state index contributed by atoms with van der Waals surface area (Å²) in [5.74, 6) is -2.31. The summed E-state index contributed by atoms with van der Waals surface area (Å²) in [5, 5.41) is 10.6. The summed E-state index contributed by atoms with van der Waals surface area (Å²) < 4.78 is 29.5. The molecular weight excluding hydrogens is 382 g/mol. The van der Waals surface area contributed by atoms with E-state index in [2.05, 4.69) is 13.8 Å². The van der Waals surface area contributed by atoms with E-state index in [9.17, 15) is 18.7 Å². The molecule has 0 aliphatic heterocycles. The Morgan fingerprint density at radius 2 is 1.63 bits per heavy atom. The quantitative estimate of drug-likeness (QED) is 0.549. The number of hydrogen-bond donors (Lipinski definition) is 1. The Morgan fingerprint density at radius 3 is 2.30 bits per heavy atom. The van der Waals surface area contributed by atoms with Crippen LogP contribution in [-0.4, -0.2) is 22.4 Å². The summed E-state index contributed by atoms with van der Waals surface area (Å²) in [6, 6.07) is 0. The third-order valence-electron chi connectivity index (χ3n) is 10.5. The zero-order valence-electron chi connectivity index (χ0n) is 19.6. The van der Waals surface area contributed by atoms with Crippen molar-refractivity contribution in [3.05, 3.63) is 0 Å². The second kappa shape index (κ2) is 7.25. The Morgan fingerprint density at radius 1 is 0.967 bits per heavy atom. The predicted molar refractivity (Wildman–Crippen MR) is 115 cm³/mol. The number of carbonyl (C=O) groups excluding carboxylic acids is 1. The van der Waals surface area contributed by atoms with Gasteiger partial charge in [-0.2, -0.15) is 8.78 Å². The molecule has 0 aromatic carbocycles. The van der Waals surface area contributed by atoms with Gasteiger partial charge < -0.3 is 5.11 Å². The molecule has 4 unspecified atom stereocenters. The van der Waals surface area contributed by atoms with Crippen molar-refractivity contribution in [3.8, 4) is 0 Å². The maximum Gasteiger partial charge on any atom is 0.305 e. The van der Waals surface area contributed by atoms with Gasteiger partial charge in [0.1, 0.15) is 0 Å². The van der Waals surface area contributed by atoms with Crippen LogP contribution in [0.4, 0.5) is 8.78 Å². The zero-order valence-corrected chi connectivity index (χ0v) is 19.6. The van der Waals surface area contributed by atoms with Crippen molar-refractivity contribution in [1.82, 2.24) is 0 Å². The Bertz CT molecular complexity index is 687. The van der Waals surface area contributed by atoms with Crippen molar-refractivity contribution in [2.75, 3.05) is 0 Å². The van der Waals surface area contributed by atoms with Gasteiger partial charge in [0.05, 0.1) is 5.60 Å². The lowest BCUT2D eigenvalue weighted by molar-refractivity contribution is -0.158. The number of aliphatic hydroxyl groups is 1. The molecule has 4 rings (SSSR count). The Labute approximate surface area is 181 Å². The third kappa shape index (κ3) is 3.48. The normalized spacial score (nSPS) is 48.8. The molecule has 4 saturated carbocycles. The summed E-state index contributed by atoms with van der Waals surface area (Å²) in [6.07, 6.45) is 9.06. The third-order valence-corrected chi connectivity index (χ3v) is 10.5. The second-order valence-electron chi connectivity index (χ2n) is 12.6. The van der Waals surface area contributed by atoms with Crippen LogP contribution >= 0.6 is 0 Å². The van der Waals surface area contributed by atoms with Crippen LogP contribution in [0.2, 0.25) is 0 Å². The standard InChI is InChI=1S/C26H42F2O2/c1-16(2)22(29)26(27,28)15-18-7-9-20-19-8-6-17-14-23(3,30)12-13-25(17,5)21(19)10-11-24(18,20)4/h16-21,30H,6-15H2,1-5H3/t17-,18+,19?,20?,21?,23-,24+,25?/m0/s1. The van der Waals surface area contributed by atoms with Gasteiger partial charge in [0.2, 0.25) is 5.78 Å². The first-order valence-electron chi connectivity index (χ1n) is 12.4. The van der Waals surface area contributed by atoms with E-state index < -0.39 is 23.2 Å². The molecule has 4 heteroatoms. The topological polar surface area (TPSA) is 37.3 Å². The second-order valence-corrected chi connectivity index (χ2v) is 12.6. The zero-order chi connectivity index (χ0) is 22.1. The fourth-order valence-electron chi connectivity index (χ4n) is 8.71. The molecule has 30 heavy (non-hydrogen) atoms. The lowest BCUT2D eigenvalue weighted by atomic mass is 9.44. The van der Waals surface area contributed by atoms with E-state index in [1.165, 1.54) is 12.8 Å². The molecule has 172 valence electrons. The van der Waals surface area contributed by atoms with Crippen LogP contribution in [0.25, 0.3) is 0 Å². The van der Waals surface area contributed by atoms with Gasteiger partial charge in [-0.1, -0.05) is 27.7 Å². The minimum Gasteiger partial charge on any atom is -0.390 e. The molecule has 0 amide bonds. The van der Waals surface area contributed by atoms with Gasteiger partial charge in [-0.05, 0) is 105 Å². The molecule has 0 heterocycles. The van der Waals surface area contributed by atoms with Crippen molar-refractivity contribution in [2.24, 2.45) is 46.3 Å². The molecule has 4 aliphatic carbocycles. The highest BCUT2D eigenvalue weighted by molar-refractivity contribution is 5.87. The van der Waals surface area contributed by atoms with Gasteiger partial charge in [0.25, 0.3) is 0 Å². The van der Waals surface area contributed by atoms with Gasteiger partial charge in [0.15, 0.2) is 0 Å². The summed E-state index contributed by atoms with van der Waals surface area (Å²) in [4.78, 5) is 12.1.